The fourth-order valence-corrected chi connectivity index (χ4v) is 3.75. The summed E-state index contributed by atoms with van der Waals surface area (Å²) in [7, 11) is 4.19. The van der Waals surface area contributed by atoms with E-state index in [9.17, 15) is 18.0 Å². The summed E-state index contributed by atoms with van der Waals surface area (Å²) in [6.45, 7) is 2.66. The van der Waals surface area contributed by atoms with Crippen molar-refractivity contribution in [3.8, 4) is 0 Å². The number of piperazine rings is 1. The van der Waals surface area contributed by atoms with Crippen LogP contribution in [0.5, 0.6) is 0 Å². The lowest BCUT2D eigenvalue weighted by molar-refractivity contribution is -0.894. The molecule has 1 atom stereocenters. The van der Waals surface area contributed by atoms with E-state index in [1.165, 1.54) is 12.1 Å². The third-order valence-corrected chi connectivity index (χ3v) is 5.73. The number of fused-ring (bicyclic) bond motifs is 1. The van der Waals surface area contributed by atoms with Gasteiger partial charge in [-0.15, -0.1) is 0 Å². The van der Waals surface area contributed by atoms with E-state index >= 15 is 0 Å². The second-order valence-corrected chi connectivity index (χ2v) is 8.51. The normalized spacial score (nSPS) is 17.0. The van der Waals surface area contributed by atoms with Crippen molar-refractivity contribution < 1.29 is 46.4 Å². The van der Waals surface area contributed by atoms with Crippen LogP contribution in [0.1, 0.15) is 17.2 Å². The number of alkyl halides is 3. The molecule has 0 bridgehead atoms. The number of anilines is 1. The van der Waals surface area contributed by atoms with Crippen molar-refractivity contribution in [2.45, 2.75) is 12.2 Å². The molecule has 32 heavy (non-hydrogen) atoms. The molecule has 0 radical (unpaired) electrons. The van der Waals surface area contributed by atoms with Crippen molar-refractivity contribution in [2.24, 2.45) is 0 Å². The molecule has 2 heterocycles. The van der Waals surface area contributed by atoms with Crippen LogP contribution in [0, 0.1) is 0 Å². The van der Waals surface area contributed by atoms with E-state index < -0.39 is 17.8 Å². The van der Waals surface area contributed by atoms with Gasteiger partial charge < -0.3 is 43.7 Å². The number of aromatic amines is 1. The minimum atomic E-state index is -4.49. The number of rotatable bonds is 4. The van der Waals surface area contributed by atoms with E-state index in [-0.39, 0.29) is 35.4 Å². The van der Waals surface area contributed by atoms with Gasteiger partial charge in [0.2, 0.25) is 11.9 Å². The molecule has 1 fully saturated rings. The van der Waals surface area contributed by atoms with Crippen LogP contribution >= 0.6 is 0 Å². The Labute approximate surface area is 201 Å². The fourth-order valence-electron chi connectivity index (χ4n) is 3.75. The summed E-state index contributed by atoms with van der Waals surface area (Å²) < 4.78 is 40.7. The Morgan fingerprint density at radius 2 is 1.81 bits per heavy atom. The number of amides is 1. The van der Waals surface area contributed by atoms with Crippen LogP contribution in [-0.2, 0) is 11.0 Å². The van der Waals surface area contributed by atoms with Crippen molar-refractivity contribution in [1.82, 2.24) is 14.9 Å². The maximum atomic E-state index is 13.4. The summed E-state index contributed by atoms with van der Waals surface area (Å²) in [6, 6.07) is 11.3. The molecule has 2 N–H and O–H groups in total. The van der Waals surface area contributed by atoms with Gasteiger partial charge in [-0.05, 0) is 29.8 Å². The monoisotopic (exact) mass is 559 g/mol. The maximum absolute atomic E-state index is 13.4. The minimum Gasteiger partial charge on any atom is -1.00 e. The number of quaternary nitrogens is 1. The molecule has 172 valence electrons. The van der Waals surface area contributed by atoms with Gasteiger partial charge >= 0.3 is 6.18 Å². The highest BCUT2D eigenvalue weighted by Crippen LogP contribution is 2.32. The lowest BCUT2D eigenvalue weighted by Gasteiger charge is -2.40. The molecule has 0 aliphatic carbocycles. The highest BCUT2D eigenvalue weighted by molar-refractivity contribution is 5.86. The molecule has 1 unspecified atom stereocenters. The number of nitrogens with zero attached hydrogens (tertiary/aromatic N) is 3. The molecule has 4 rings (SSSR count). The highest BCUT2D eigenvalue weighted by Gasteiger charge is 2.35. The molecule has 1 amide bonds. The first-order valence-electron chi connectivity index (χ1n) is 10.1. The molecule has 1 aromatic heterocycles. The molecule has 2 aromatic carbocycles. The number of hydrogen-bond acceptors (Lipinski definition) is 3. The molecule has 1 aliphatic heterocycles. The van der Waals surface area contributed by atoms with Crippen molar-refractivity contribution in [3.63, 3.8) is 0 Å². The van der Waals surface area contributed by atoms with Crippen LogP contribution in [0.15, 0.2) is 48.5 Å². The third kappa shape index (κ3) is 5.34. The van der Waals surface area contributed by atoms with Gasteiger partial charge in [-0.25, -0.2) is 4.98 Å². The van der Waals surface area contributed by atoms with Gasteiger partial charge in [0.25, 0.3) is 0 Å². The SMILES string of the molecule is C[N+]1(C)CCN(C(=O)C(Nc2nc3ccccc3[nH]2)c2cccc(C(F)(F)F)c2)CC1.[I-]. The highest BCUT2D eigenvalue weighted by atomic mass is 127. The number of halogens is 4. The van der Waals surface area contributed by atoms with Crippen molar-refractivity contribution in [3.05, 3.63) is 59.7 Å². The number of carbonyl (C=O) groups excluding carboxylic acids is 1. The number of carbonyl (C=O) groups is 1. The van der Waals surface area contributed by atoms with Crippen LogP contribution in [0.4, 0.5) is 19.1 Å². The number of nitrogens with one attached hydrogen (secondary N) is 2. The van der Waals surface area contributed by atoms with Gasteiger partial charge in [0.1, 0.15) is 6.04 Å². The molecular weight excluding hydrogens is 534 g/mol. The Balaban J connectivity index is 0.00000289. The number of para-hydroxylation sites is 2. The lowest BCUT2D eigenvalue weighted by Crippen LogP contribution is -3.00. The number of likely N-dealkylation sites (N-methyl/N-ethyl adjacent to an activating group) is 1. The van der Waals surface area contributed by atoms with Crippen LogP contribution in [0.25, 0.3) is 11.0 Å². The van der Waals surface area contributed by atoms with E-state index in [2.05, 4.69) is 29.4 Å². The maximum Gasteiger partial charge on any atom is 0.416 e. The standard InChI is InChI=1S/C22H25F3N5O.HI/c1-30(2)12-10-29(11-13-30)20(31)19(15-6-5-7-16(14-15)22(23,24)25)28-21-26-17-8-3-4-9-18(17)27-21;/h3-9,14,19H,10-13H2,1-2H3,(H2,26,27,28);1H/q+1;/p-1. The Morgan fingerprint density at radius 1 is 1.12 bits per heavy atom. The molecular formula is C22H25F3IN5O. The predicted molar refractivity (Wildman–Crippen MR) is 112 cm³/mol. The number of benzene rings is 2. The van der Waals surface area contributed by atoms with E-state index in [0.717, 1.165) is 35.2 Å². The molecule has 0 saturated carbocycles. The van der Waals surface area contributed by atoms with Gasteiger partial charge in [0.15, 0.2) is 0 Å². The van der Waals surface area contributed by atoms with Crippen molar-refractivity contribution in [2.75, 3.05) is 45.6 Å². The molecule has 1 aliphatic rings. The molecule has 0 spiro atoms. The summed E-state index contributed by atoms with van der Waals surface area (Å²) in [5.41, 5.74) is 0.944. The Kier molecular flexibility index (Phi) is 7.03. The second-order valence-electron chi connectivity index (χ2n) is 8.51. The van der Waals surface area contributed by atoms with E-state index in [1.54, 1.807) is 4.90 Å². The van der Waals surface area contributed by atoms with Gasteiger partial charge in [0.05, 0.1) is 56.9 Å². The first-order valence-corrected chi connectivity index (χ1v) is 10.1. The van der Waals surface area contributed by atoms with Gasteiger partial charge in [0, 0.05) is 0 Å². The Morgan fingerprint density at radius 3 is 2.47 bits per heavy atom. The molecule has 6 nitrogen and oxygen atoms in total. The summed E-state index contributed by atoms with van der Waals surface area (Å²) in [5.74, 6) is 0.0737. The van der Waals surface area contributed by atoms with Crippen molar-refractivity contribution >= 4 is 22.9 Å². The number of hydrogen-bond donors (Lipinski definition) is 2. The van der Waals surface area contributed by atoms with E-state index in [0.29, 0.717) is 24.6 Å². The fraction of sp³-hybridized carbons (Fsp3) is 0.364. The Bertz CT molecular complexity index is 1060. The van der Waals surface area contributed by atoms with E-state index in [4.69, 9.17) is 0 Å². The average Bonchev–Trinajstić information content (AvgIpc) is 3.14. The molecule has 10 heteroatoms. The molecule has 1 saturated heterocycles. The van der Waals surface area contributed by atoms with Crippen LogP contribution in [0.2, 0.25) is 0 Å². The zero-order valence-electron chi connectivity index (χ0n) is 17.8. The van der Waals surface area contributed by atoms with Crippen molar-refractivity contribution in [1.29, 1.82) is 0 Å². The number of aromatic nitrogens is 2. The third-order valence-electron chi connectivity index (χ3n) is 5.73. The summed E-state index contributed by atoms with van der Waals surface area (Å²) in [5, 5.41) is 3.05. The Hall–Kier alpha value is -2.34. The zero-order valence-corrected chi connectivity index (χ0v) is 19.9. The van der Waals surface area contributed by atoms with Crippen LogP contribution in [0.3, 0.4) is 0 Å². The van der Waals surface area contributed by atoms with Gasteiger partial charge in [-0.1, -0.05) is 24.3 Å². The molecule has 3 aromatic rings. The summed E-state index contributed by atoms with van der Waals surface area (Å²) >= 11 is 0. The smallest absolute Gasteiger partial charge is 0.416 e. The first kappa shape index (κ1) is 24.3. The van der Waals surface area contributed by atoms with Crippen LogP contribution < -0.4 is 29.3 Å². The predicted octanol–water partition coefficient (Wildman–Crippen LogP) is 0.657. The largest absolute Gasteiger partial charge is 1.00 e. The quantitative estimate of drug-likeness (QED) is 0.365. The topological polar surface area (TPSA) is 61.0 Å². The number of imidazole rings is 1. The second kappa shape index (κ2) is 9.26. The summed E-state index contributed by atoms with van der Waals surface area (Å²) in [6.07, 6.45) is -4.49. The minimum absolute atomic E-state index is 0. The first-order chi connectivity index (χ1) is 14.6. The average molecular weight is 559 g/mol. The summed E-state index contributed by atoms with van der Waals surface area (Å²) in [4.78, 5) is 22.7. The van der Waals surface area contributed by atoms with E-state index in [1.807, 2.05) is 24.3 Å². The van der Waals surface area contributed by atoms with Crippen LogP contribution in [-0.4, -0.2) is 65.5 Å². The lowest BCUT2D eigenvalue weighted by atomic mass is 10.0. The van der Waals surface area contributed by atoms with Gasteiger partial charge in [-0.3, -0.25) is 4.79 Å². The number of H-pyrrole nitrogens is 1. The van der Waals surface area contributed by atoms with Gasteiger partial charge in [-0.2, -0.15) is 13.2 Å². The zero-order chi connectivity index (χ0) is 22.2.